The topological polar surface area (TPSA) is 54.5 Å². The Morgan fingerprint density at radius 1 is 1.08 bits per heavy atom. The first-order chi connectivity index (χ1) is 12.3. The number of aromatic nitrogens is 1. The van der Waals surface area contributed by atoms with Gasteiger partial charge in [0, 0.05) is 18.9 Å². The van der Waals surface area contributed by atoms with Crippen LogP contribution in [0.4, 0.5) is 4.79 Å². The molecule has 0 spiro atoms. The monoisotopic (exact) mass is 333 g/mol. The zero-order valence-electron chi connectivity index (χ0n) is 13.8. The van der Waals surface area contributed by atoms with Gasteiger partial charge in [-0.25, -0.2) is 4.79 Å². The molecule has 2 heterocycles. The summed E-state index contributed by atoms with van der Waals surface area (Å²) in [5, 5.41) is 5.36. The first-order valence-electron chi connectivity index (χ1n) is 8.36. The van der Waals surface area contributed by atoms with Crippen LogP contribution in [0, 0.1) is 0 Å². The standard InChI is InChI=1S/C20H19N3O2/c24-20(23-13-18(14-23)25-17-8-10-21-11-9-17)22-12-16-6-3-5-15-4-1-2-7-19(15)16/h1-11,18H,12-14H2,(H,22,24). The Balaban J connectivity index is 1.30. The van der Waals surface area contributed by atoms with Gasteiger partial charge < -0.3 is 15.0 Å². The van der Waals surface area contributed by atoms with E-state index in [0.29, 0.717) is 19.6 Å². The van der Waals surface area contributed by atoms with Crippen LogP contribution in [0.5, 0.6) is 5.75 Å². The van der Waals surface area contributed by atoms with E-state index in [9.17, 15) is 4.79 Å². The number of urea groups is 1. The van der Waals surface area contributed by atoms with E-state index in [2.05, 4.69) is 28.5 Å². The van der Waals surface area contributed by atoms with Gasteiger partial charge in [-0.3, -0.25) is 4.98 Å². The van der Waals surface area contributed by atoms with Crippen molar-refractivity contribution in [1.29, 1.82) is 0 Å². The molecular weight excluding hydrogens is 314 g/mol. The molecular formula is C20H19N3O2. The van der Waals surface area contributed by atoms with Gasteiger partial charge in [-0.05, 0) is 28.5 Å². The number of nitrogens with zero attached hydrogens (tertiary/aromatic N) is 2. The lowest BCUT2D eigenvalue weighted by Gasteiger charge is -2.38. The molecule has 0 atom stereocenters. The van der Waals surface area contributed by atoms with Gasteiger partial charge in [0.15, 0.2) is 0 Å². The molecule has 1 aliphatic rings. The minimum Gasteiger partial charge on any atom is -0.487 e. The molecule has 0 bridgehead atoms. The number of rotatable bonds is 4. The van der Waals surface area contributed by atoms with Crippen LogP contribution in [0.15, 0.2) is 67.0 Å². The van der Waals surface area contributed by atoms with Crippen LogP contribution in [0.1, 0.15) is 5.56 Å². The van der Waals surface area contributed by atoms with Crippen molar-refractivity contribution >= 4 is 16.8 Å². The molecule has 0 aliphatic carbocycles. The van der Waals surface area contributed by atoms with Crippen LogP contribution in [0.25, 0.3) is 10.8 Å². The predicted octanol–water partition coefficient (Wildman–Crippen LogP) is 3.21. The Bertz CT molecular complexity index is 871. The zero-order chi connectivity index (χ0) is 17.1. The zero-order valence-corrected chi connectivity index (χ0v) is 13.8. The summed E-state index contributed by atoms with van der Waals surface area (Å²) in [6, 6.07) is 17.9. The molecule has 1 aromatic heterocycles. The average Bonchev–Trinajstić information content (AvgIpc) is 2.63. The molecule has 3 aromatic rings. The smallest absolute Gasteiger partial charge is 0.317 e. The van der Waals surface area contributed by atoms with Gasteiger partial charge in [0.05, 0.1) is 13.1 Å². The highest BCUT2D eigenvalue weighted by molar-refractivity contribution is 5.86. The number of amides is 2. The maximum Gasteiger partial charge on any atom is 0.317 e. The van der Waals surface area contributed by atoms with Gasteiger partial charge >= 0.3 is 6.03 Å². The summed E-state index contributed by atoms with van der Waals surface area (Å²) in [4.78, 5) is 18.0. The summed E-state index contributed by atoms with van der Waals surface area (Å²) in [7, 11) is 0. The average molecular weight is 333 g/mol. The highest BCUT2D eigenvalue weighted by atomic mass is 16.5. The number of hydrogen-bond donors (Lipinski definition) is 1. The van der Waals surface area contributed by atoms with Crippen molar-refractivity contribution in [3.05, 3.63) is 72.6 Å². The summed E-state index contributed by atoms with van der Waals surface area (Å²) < 4.78 is 5.79. The Hall–Kier alpha value is -3.08. The lowest BCUT2D eigenvalue weighted by atomic mass is 10.0. The van der Waals surface area contributed by atoms with E-state index in [4.69, 9.17) is 4.74 Å². The summed E-state index contributed by atoms with van der Waals surface area (Å²) in [6.45, 7) is 1.72. The molecule has 126 valence electrons. The second kappa shape index (κ2) is 6.81. The van der Waals surface area contributed by atoms with Crippen LogP contribution in [-0.4, -0.2) is 35.1 Å². The summed E-state index contributed by atoms with van der Waals surface area (Å²) in [5.41, 5.74) is 1.12. The van der Waals surface area contributed by atoms with Crippen LogP contribution in [0.3, 0.4) is 0 Å². The van der Waals surface area contributed by atoms with Crippen molar-refractivity contribution in [1.82, 2.24) is 15.2 Å². The summed E-state index contributed by atoms with van der Waals surface area (Å²) >= 11 is 0. The van der Waals surface area contributed by atoms with Gasteiger partial charge in [-0.1, -0.05) is 42.5 Å². The number of fused-ring (bicyclic) bond motifs is 1. The van der Waals surface area contributed by atoms with Crippen LogP contribution in [0.2, 0.25) is 0 Å². The fourth-order valence-electron chi connectivity index (χ4n) is 3.02. The van der Waals surface area contributed by atoms with E-state index in [1.54, 1.807) is 17.3 Å². The quantitative estimate of drug-likeness (QED) is 0.798. The Morgan fingerprint density at radius 2 is 1.84 bits per heavy atom. The maximum absolute atomic E-state index is 12.3. The van der Waals surface area contributed by atoms with Gasteiger partial charge in [-0.15, -0.1) is 0 Å². The number of nitrogens with one attached hydrogen (secondary N) is 1. The lowest BCUT2D eigenvalue weighted by Crippen LogP contribution is -2.58. The molecule has 5 heteroatoms. The van der Waals surface area contributed by atoms with Crippen molar-refractivity contribution in [2.45, 2.75) is 12.6 Å². The fraction of sp³-hybridized carbons (Fsp3) is 0.200. The third-order valence-electron chi connectivity index (χ3n) is 4.40. The molecule has 2 aromatic carbocycles. The van der Waals surface area contributed by atoms with Crippen molar-refractivity contribution in [2.24, 2.45) is 0 Å². The predicted molar refractivity (Wildman–Crippen MR) is 96.4 cm³/mol. The molecule has 1 saturated heterocycles. The third kappa shape index (κ3) is 3.40. The maximum atomic E-state index is 12.3. The molecule has 0 radical (unpaired) electrons. The second-order valence-electron chi connectivity index (χ2n) is 6.12. The van der Waals surface area contributed by atoms with Crippen LogP contribution >= 0.6 is 0 Å². The molecule has 0 saturated carbocycles. The molecule has 1 aliphatic heterocycles. The minimum absolute atomic E-state index is 0.0469. The van der Waals surface area contributed by atoms with Crippen molar-refractivity contribution in [2.75, 3.05) is 13.1 Å². The van der Waals surface area contributed by atoms with Gasteiger partial charge in [0.1, 0.15) is 11.9 Å². The van der Waals surface area contributed by atoms with E-state index >= 15 is 0 Å². The van der Waals surface area contributed by atoms with Gasteiger partial charge in [0.2, 0.25) is 0 Å². The number of benzene rings is 2. The molecule has 4 rings (SSSR count). The Kier molecular flexibility index (Phi) is 4.21. The van der Waals surface area contributed by atoms with E-state index in [1.807, 2.05) is 36.4 Å². The first-order valence-corrected chi connectivity index (χ1v) is 8.36. The van der Waals surface area contributed by atoms with Crippen molar-refractivity contribution in [3.8, 4) is 5.75 Å². The lowest BCUT2D eigenvalue weighted by molar-refractivity contribution is 0.0443. The number of carbonyl (C=O) groups excluding carboxylic acids is 1. The fourth-order valence-corrected chi connectivity index (χ4v) is 3.02. The molecule has 1 fully saturated rings. The van der Waals surface area contributed by atoms with Crippen LogP contribution in [-0.2, 0) is 6.54 Å². The van der Waals surface area contributed by atoms with Crippen LogP contribution < -0.4 is 10.1 Å². The van der Waals surface area contributed by atoms with E-state index in [1.165, 1.54) is 10.8 Å². The minimum atomic E-state index is -0.0532. The Labute approximate surface area is 146 Å². The van der Waals surface area contributed by atoms with Gasteiger partial charge in [0.25, 0.3) is 0 Å². The highest BCUT2D eigenvalue weighted by Gasteiger charge is 2.32. The van der Waals surface area contributed by atoms with Crippen molar-refractivity contribution in [3.63, 3.8) is 0 Å². The van der Waals surface area contributed by atoms with Crippen molar-refractivity contribution < 1.29 is 9.53 Å². The number of ether oxygens (including phenoxy) is 1. The summed E-state index contributed by atoms with van der Waals surface area (Å²) in [5.74, 6) is 0.788. The molecule has 0 unspecified atom stereocenters. The first kappa shape index (κ1) is 15.4. The SMILES string of the molecule is O=C(NCc1cccc2ccccc12)N1CC(Oc2ccncc2)C1. The molecule has 5 nitrogen and oxygen atoms in total. The second-order valence-corrected chi connectivity index (χ2v) is 6.12. The van der Waals surface area contributed by atoms with E-state index < -0.39 is 0 Å². The largest absolute Gasteiger partial charge is 0.487 e. The number of pyridine rings is 1. The number of likely N-dealkylation sites (tertiary alicyclic amines) is 1. The Morgan fingerprint density at radius 3 is 2.68 bits per heavy atom. The van der Waals surface area contributed by atoms with E-state index in [-0.39, 0.29) is 12.1 Å². The number of carbonyl (C=O) groups is 1. The summed E-state index contributed by atoms with van der Waals surface area (Å²) in [6.07, 6.45) is 3.44. The molecule has 1 N–H and O–H groups in total. The van der Waals surface area contributed by atoms with E-state index in [0.717, 1.165) is 11.3 Å². The third-order valence-corrected chi connectivity index (χ3v) is 4.40. The molecule has 25 heavy (non-hydrogen) atoms. The molecule has 2 amide bonds. The normalized spacial score (nSPS) is 14.2. The van der Waals surface area contributed by atoms with Gasteiger partial charge in [-0.2, -0.15) is 0 Å². The number of hydrogen-bond acceptors (Lipinski definition) is 3. The highest BCUT2D eigenvalue weighted by Crippen LogP contribution is 2.19.